The molecule has 1 unspecified atom stereocenters. The molecule has 0 heterocycles. The van der Waals surface area contributed by atoms with E-state index in [0.29, 0.717) is 5.02 Å². The molecule has 21 heavy (non-hydrogen) atoms. The van der Waals surface area contributed by atoms with Gasteiger partial charge in [-0.05, 0) is 45.4 Å². The summed E-state index contributed by atoms with van der Waals surface area (Å²) >= 11 is 5.92. The van der Waals surface area contributed by atoms with Crippen LogP contribution in [0.2, 0.25) is 5.02 Å². The second-order valence-electron chi connectivity index (χ2n) is 5.93. The summed E-state index contributed by atoms with van der Waals surface area (Å²) in [7, 11) is 0. The number of nitrogens with one attached hydrogen (secondary N) is 1. The summed E-state index contributed by atoms with van der Waals surface area (Å²) in [6.07, 6.45) is 0.186. The Hall–Kier alpha value is -1.55. The zero-order valence-corrected chi connectivity index (χ0v) is 13.7. The Labute approximate surface area is 130 Å². The van der Waals surface area contributed by atoms with Gasteiger partial charge >= 0.3 is 5.97 Å². The molecule has 0 aliphatic heterocycles. The lowest BCUT2D eigenvalue weighted by Crippen LogP contribution is -2.28. The number of ether oxygens (including phenoxy) is 1. The van der Waals surface area contributed by atoms with Crippen LogP contribution < -0.4 is 5.32 Å². The first-order valence-electron chi connectivity index (χ1n) is 6.94. The van der Waals surface area contributed by atoms with Gasteiger partial charge in [0.25, 0.3) is 0 Å². The number of hydrogen-bond donors (Lipinski definition) is 1. The molecule has 1 amide bonds. The lowest BCUT2D eigenvalue weighted by Gasteiger charge is -2.19. The molecular weight excluding hydrogens is 290 g/mol. The van der Waals surface area contributed by atoms with E-state index in [-0.39, 0.29) is 30.8 Å². The van der Waals surface area contributed by atoms with Crippen molar-refractivity contribution in [2.45, 2.75) is 52.2 Å². The van der Waals surface area contributed by atoms with Gasteiger partial charge in [-0.25, -0.2) is 0 Å². The molecule has 0 bridgehead atoms. The number of hydrogen-bond acceptors (Lipinski definition) is 3. The van der Waals surface area contributed by atoms with Gasteiger partial charge in [0, 0.05) is 11.4 Å². The molecule has 0 aromatic heterocycles. The van der Waals surface area contributed by atoms with Crippen molar-refractivity contribution >= 4 is 23.5 Å². The average Bonchev–Trinajstić information content (AvgIpc) is 2.34. The summed E-state index contributed by atoms with van der Waals surface area (Å²) in [4.78, 5) is 23.4. The molecule has 1 N–H and O–H groups in total. The Kier molecular flexibility index (Phi) is 6.21. The fraction of sp³-hybridized carbons (Fsp3) is 0.500. The highest BCUT2D eigenvalue weighted by molar-refractivity contribution is 6.30. The van der Waals surface area contributed by atoms with E-state index < -0.39 is 5.60 Å². The van der Waals surface area contributed by atoms with Gasteiger partial charge in [-0.2, -0.15) is 0 Å². The normalized spacial score (nSPS) is 12.6. The van der Waals surface area contributed by atoms with E-state index in [0.717, 1.165) is 5.56 Å². The topological polar surface area (TPSA) is 55.4 Å². The predicted octanol–water partition coefficient (Wildman–Crippen LogP) is 3.64. The lowest BCUT2D eigenvalue weighted by molar-refractivity contribution is -0.155. The van der Waals surface area contributed by atoms with Crippen LogP contribution in [0, 0.1) is 0 Å². The maximum absolute atomic E-state index is 11.8. The highest BCUT2D eigenvalue weighted by atomic mass is 35.5. The number of esters is 1. The average molecular weight is 312 g/mol. The summed E-state index contributed by atoms with van der Waals surface area (Å²) in [5.74, 6) is -0.554. The van der Waals surface area contributed by atoms with E-state index >= 15 is 0 Å². The number of benzene rings is 1. The Morgan fingerprint density at radius 3 is 2.52 bits per heavy atom. The summed E-state index contributed by atoms with van der Waals surface area (Å²) in [5, 5.41) is 3.46. The van der Waals surface area contributed by atoms with Gasteiger partial charge in [-0.1, -0.05) is 23.7 Å². The SMILES string of the molecule is CC(NC(=O)CCC(=O)OC(C)(C)C)c1cccc(Cl)c1. The summed E-state index contributed by atoms with van der Waals surface area (Å²) in [5.41, 5.74) is 0.398. The van der Waals surface area contributed by atoms with Crippen LogP contribution in [0.5, 0.6) is 0 Å². The predicted molar refractivity (Wildman–Crippen MR) is 83.1 cm³/mol. The Morgan fingerprint density at radius 1 is 1.29 bits per heavy atom. The zero-order chi connectivity index (χ0) is 16.0. The Bertz CT molecular complexity index is 508. The van der Waals surface area contributed by atoms with Gasteiger partial charge in [-0.3, -0.25) is 9.59 Å². The first-order chi connectivity index (χ1) is 9.67. The van der Waals surface area contributed by atoms with Gasteiger partial charge < -0.3 is 10.1 Å². The lowest BCUT2D eigenvalue weighted by atomic mass is 10.1. The van der Waals surface area contributed by atoms with Gasteiger partial charge in [-0.15, -0.1) is 0 Å². The first-order valence-corrected chi connectivity index (χ1v) is 7.32. The van der Waals surface area contributed by atoms with E-state index in [4.69, 9.17) is 16.3 Å². The third-order valence-electron chi connectivity index (χ3n) is 2.70. The van der Waals surface area contributed by atoms with Crippen molar-refractivity contribution in [3.05, 3.63) is 34.9 Å². The third kappa shape index (κ3) is 7.14. The molecule has 116 valence electrons. The molecule has 0 aliphatic carbocycles. The zero-order valence-electron chi connectivity index (χ0n) is 12.9. The molecule has 0 radical (unpaired) electrons. The molecule has 1 atom stereocenters. The van der Waals surface area contributed by atoms with Crippen LogP contribution in [0.25, 0.3) is 0 Å². The summed E-state index contributed by atoms with van der Waals surface area (Å²) < 4.78 is 5.16. The second kappa shape index (κ2) is 7.46. The number of carbonyl (C=O) groups excluding carboxylic acids is 2. The molecule has 0 aliphatic rings. The number of halogens is 1. The van der Waals surface area contributed by atoms with Gasteiger partial charge in [0.1, 0.15) is 5.60 Å². The van der Waals surface area contributed by atoms with Crippen LogP contribution in [0.4, 0.5) is 0 Å². The standard InChI is InChI=1S/C16H22ClNO3/c1-11(12-6-5-7-13(17)10-12)18-14(19)8-9-15(20)21-16(2,3)4/h5-7,10-11H,8-9H2,1-4H3,(H,18,19). The Balaban J connectivity index is 2.42. The van der Waals surface area contributed by atoms with Crippen LogP contribution in [0.1, 0.15) is 52.1 Å². The smallest absolute Gasteiger partial charge is 0.306 e. The van der Waals surface area contributed by atoms with E-state index in [9.17, 15) is 9.59 Å². The molecule has 4 nitrogen and oxygen atoms in total. The molecule has 0 saturated carbocycles. The van der Waals surface area contributed by atoms with Crippen LogP contribution >= 0.6 is 11.6 Å². The van der Waals surface area contributed by atoms with E-state index in [1.807, 2.05) is 19.1 Å². The molecule has 1 aromatic carbocycles. The molecule has 0 spiro atoms. The molecule has 1 rings (SSSR count). The maximum Gasteiger partial charge on any atom is 0.306 e. The highest BCUT2D eigenvalue weighted by Crippen LogP contribution is 2.17. The highest BCUT2D eigenvalue weighted by Gasteiger charge is 2.17. The van der Waals surface area contributed by atoms with Crippen molar-refractivity contribution in [1.29, 1.82) is 0 Å². The van der Waals surface area contributed by atoms with E-state index in [2.05, 4.69) is 5.32 Å². The maximum atomic E-state index is 11.8. The van der Waals surface area contributed by atoms with Crippen LogP contribution in [-0.4, -0.2) is 17.5 Å². The number of carbonyl (C=O) groups is 2. The Morgan fingerprint density at radius 2 is 1.95 bits per heavy atom. The van der Waals surface area contributed by atoms with Gasteiger partial charge in [0.15, 0.2) is 0 Å². The van der Waals surface area contributed by atoms with E-state index in [1.165, 1.54) is 0 Å². The third-order valence-corrected chi connectivity index (χ3v) is 2.94. The van der Waals surface area contributed by atoms with E-state index in [1.54, 1.807) is 32.9 Å². The van der Waals surface area contributed by atoms with Gasteiger partial charge in [0.05, 0.1) is 12.5 Å². The minimum atomic E-state index is -0.526. The van der Waals surface area contributed by atoms with Crippen LogP contribution in [0.3, 0.4) is 0 Å². The number of amides is 1. The quantitative estimate of drug-likeness (QED) is 0.845. The number of rotatable bonds is 5. The van der Waals surface area contributed by atoms with Crippen molar-refractivity contribution in [3.8, 4) is 0 Å². The van der Waals surface area contributed by atoms with Crippen molar-refractivity contribution in [2.24, 2.45) is 0 Å². The fourth-order valence-electron chi connectivity index (χ4n) is 1.78. The second-order valence-corrected chi connectivity index (χ2v) is 6.37. The molecule has 1 aromatic rings. The largest absolute Gasteiger partial charge is 0.460 e. The summed E-state index contributed by atoms with van der Waals surface area (Å²) in [6, 6.07) is 7.16. The molecule has 0 saturated heterocycles. The minimum Gasteiger partial charge on any atom is -0.460 e. The first kappa shape index (κ1) is 17.5. The monoisotopic (exact) mass is 311 g/mol. The minimum absolute atomic E-state index is 0.0748. The van der Waals surface area contributed by atoms with Crippen molar-refractivity contribution in [3.63, 3.8) is 0 Å². The summed E-state index contributed by atoms with van der Waals surface area (Å²) in [6.45, 7) is 7.27. The molecular formula is C16H22ClNO3. The molecule has 5 heteroatoms. The van der Waals surface area contributed by atoms with Crippen molar-refractivity contribution in [1.82, 2.24) is 5.32 Å². The van der Waals surface area contributed by atoms with Crippen LogP contribution in [0.15, 0.2) is 24.3 Å². The fourth-order valence-corrected chi connectivity index (χ4v) is 1.98. The van der Waals surface area contributed by atoms with Gasteiger partial charge in [0.2, 0.25) is 5.91 Å². The molecule has 0 fully saturated rings. The van der Waals surface area contributed by atoms with Crippen LogP contribution in [-0.2, 0) is 14.3 Å². The van der Waals surface area contributed by atoms with Crippen molar-refractivity contribution < 1.29 is 14.3 Å². The van der Waals surface area contributed by atoms with Crippen molar-refractivity contribution in [2.75, 3.05) is 0 Å².